The number of aromatic amines is 1. The number of ether oxygens (including phenoxy) is 2. The highest BCUT2D eigenvalue weighted by molar-refractivity contribution is 5.46. The van der Waals surface area contributed by atoms with Gasteiger partial charge in [0.2, 0.25) is 0 Å². The molecule has 2 heterocycles. The van der Waals surface area contributed by atoms with Crippen LogP contribution in [0.1, 0.15) is 35.8 Å². The van der Waals surface area contributed by atoms with Crippen molar-refractivity contribution in [1.29, 1.82) is 0 Å². The summed E-state index contributed by atoms with van der Waals surface area (Å²) >= 11 is 0. The number of para-hydroxylation sites is 1. The van der Waals surface area contributed by atoms with Crippen molar-refractivity contribution in [3.63, 3.8) is 0 Å². The maximum atomic E-state index is 11.7. The molecule has 6 nitrogen and oxygen atoms in total. The number of hydrogen-bond donors (Lipinski definition) is 1. The molecule has 1 aromatic heterocycles. The number of likely N-dealkylation sites (tertiary alicyclic amines) is 1. The van der Waals surface area contributed by atoms with Crippen LogP contribution in [0.5, 0.6) is 11.5 Å². The third-order valence-electron chi connectivity index (χ3n) is 4.66. The highest BCUT2D eigenvalue weighted by Gasteiger charge is 2.24. The summed E-state index contributed by atoms with van der Waals surface area (Å²) < 4.78 is 10.9. The number of methoxy groups -OCH3 is 2. The van der Waals surface area contributed by atoms with E-state index in [2.05, 4.69) is 20.9 Å². The highest BCUT2D eigenvalue weighted by Crippen LogP contribution is 2.33. The molecule has 1 N–H and O–H groups in total. The van der Waals surface area contributed by atoms with Crippen LogP contribution in [-0.4, -0.2) is 42.2 Å². The number of aryl methyl sites for hydroxylation is 1. The van der Waals surface area contributed by atoms with Gasteiger partial charge in [-0.3, -0.25) is 9.69 Å². The summed E-state index contributed by atoms with van der Waals surface area (Å²) in [5.41, 5.74) is 1.80. The van der Waals surface area contributed by atoms with E-state index < -0.39 is 0 Å². The first-order valence-corrected chi connectivity index (χ1v) is 8.60. The fourth-order valence-electron chi connectivity index (χ4n) is 3.54. The van der Waals surface area contributed by atoms with Crippen LogP contribution in [0.15, 0.2) is 29.1 Å². The third-order valence-corrected chi connectivity index (χ3v) is 4.66. The second-order valence-corrected chi connectivity index (χ2v) is 6.50. The first-order chi connectivity index (χ1) is 12.1. The number of aromatic nitrogens is 2. The lowest BCUT2D eigenvalue weighted by molar-refractivity contribution is 0.193. The van der Waals surface area contributed by atoms with Gasteiger partial charge in [0.1, 0.15) is 5.82 Å². The fourth-order valence-corrected chi connectivity index (χ4v) is 3.54. The Kier molecular flexibility index (Phi) is 5.38. The zero-order chi connectivity index (χ0) is 17.8. The van der Waals surface area contributed by atoms with Gasteiger partial charge in [-0.15, -0.1) is 0 Å². The predicted octanol–water partition coefficient (Wildman–Crippen LogP) is 2.48. The first kappa shape index (κ1) is 17.5. The number of hydrogen-bond acceptors (Lipinski definition) is 5. The first-order valence-electron chi connectivity index (χ1n) is 8.60. The molecule has 0 aliphatic carbocycles. The minimum Gasteiger partial charge on any atom is -0.493 e. The van der Waals surface area contributed by atoms with E-state index in [1.165, 1.54) is 6.07 Å². The number of benzene rings is 1. The summed E-state index contributed by atoms with van der Waals surface area (Å²) in [7, 11) is 3.32. The standard InChI is InChI=1S/C19H25N3O3/c1-13-10-17(23)21-19(20-13)15-7-5-9-22(12-15)11-14-6-4-8-16(24-2)18(14)25-3/h4,6,8,10,15H,5,7,9,11-12H2,1-3H3,(H,20,21,23). The minimum atomic E-state index is -0.0749. The van der Waals surface area contributed by atoms with Crippen molar-refractivity contribution in [3.05, 3.63) is 51.7 Å². The van der Waals surface area contributed by atoms with E-state index in [0.717, 1.165) is 61.1 Å². The van der Waals surface area contributed by atoms with Gasteiger partial charge >= 0.3 is 0 Å². The van der Waals surface area contributed by atoms with E-state index in [9.17, 15) is 4.79 Å². The second kappa shape index (κ2) is 7.70. The molecule has 25 heavy (non-hydrogen) atoms. The van der Waals surface area contributed by atoms with E-state index in [1.54, 1.807) is 14.2 Å². The van der Waals surface area contributed by atoms with Crippen LogP contribution in [-0.2, 0) is 6.54 Å². The Morgan fingerprint density at radius 1 is 1.32 bits per heavy atom. The summed E-state index contributed by atoms with van der Waals surface area (Å²) in [4.78, 5) is 21.6. The zero-order valence-electron chi connectivity index (χ0n) is 15.0. The lowest BCUT2D eigenvalue weighted by Crippen LogP contribution is -2.35. The van der Waals surface area contributed by atoms with Crippen LogP contribution in [0.3, 0.4) is 0 Å². The number of nitrogens with one attached hydrogen (secondary N) is 1. The van der Waals surface area contributed by atoms with Gasteiger partial charge < -0.3 is 14.5 Å². The van der Waals surface area contributed by atoms with Crippen LogP contribution < -0.4 is 15.0 Å². The second-order valence-electron chi connectivity index (χ2n) is 6.50. The summed E-state index contributed by atoms with van der Waals surface area (Å²) in [6.45, 7) is 4.53. The van der Waals surface area contributed by atoms with E-state index >= 15 is 0 Å². The molecule has 0 amide bonds. The summed E-state index contributed by atoms with van der Waals surface area (Å²) in [6, 6.07) is 7.49. The zero-order valence-corrected chi connectivity index (χ0v) is 15.0. The molecule has 0 spiro atoms. The van der Waals surface area contributed by atoms with Crippen LogP contribution in [0.2, 0.25) is 0 Å². The molecule has 1 aliphatic rings. The van der Waals surface area contributed by atoms with E-state index in [0.29, 0.717) is 0 Å². The van der Waals surface area contributed by atoms with Crippen LogP contribution >= 0.6 is 0 Å². The summed E-state index contributed by atoms with van der Waals surface area (Å²) in [5, 5.41) is 0. The van der Waals surface area contributed by atoms with Crippen LogP contribution in [0.25, 0.3) is 0 Å². The quantitative estimate of drug-likeness (QED) is 0.903. The Labute approximate surface area is 147 Å². The normalized spacial score (nSPS) is 18.1. The van der Waals surface area contributed by atoms with Crippen molar-refractivity contribution >= 4 is 0 Å². The predicted molar refractivity (Wildman–Crippen MR) is 96.4 cm³/mol. The molecule has 0 bridgehead atoms. The van der Waals surface area contributed by atoms with Crippen LogP contribution in [0.4, 0.5) is 0 Å². The molecule has 134 valence electrons. The molecule has 1 unspecified atom stereocenters. The number of piperidine rings is 1. The Balaban J connectivity index is 1.77. The van der Waals surface area contributed by atoms with E-state index in [-0.39, 0.29) is 11.5 Å². The Bertz CT molecular complexity index is 788. The molecule has 1 fully saturated rings. The average molecular weight is 343 g/mol. The Morgan fingerprint density at radius 3 is 2.88 bits per heavy atom. The van der Waals surface area contributed by atoms with Gasteiger partial charge in [0.15, 0.2) is 11.5 Å². The Hall–Kier alpha value is -2.34. The molecule has 6 heteroatoms. The van der Waals surface area contributed by atoms with Crippen molar-refractivity contribution in [1.82, 2.24) is 14.9 Å². The lowest BCUT2D eigenvalue weighted by Gasteiger charge is -2.32. The number of H-pyrrole nitrogens is 1. The molecule has 0 saturated carbocycles. The van der Waals surface area contributed by atoms with Crippen molar-refractivity contribution in [2.45, 2.75) is 32.2 Å². The molecule has 1 aromatic carbocycles. The molecule has 0 radical (unpaired) electrons. The topological polar surface area (TPSA) is 67.5 Å². The summed E-state index contributed by atoms with van der Waals surface area (Å²) in [5.74, 6) is 2.58. The monoisotopic (exact) mass is 343 g/mol. The Morgan fingerprint density at radius 2 is 2.16 bits per heavy atom. The molecular formula is C19H25N3O3. The fraction of sp³-hybridized carbons (Fsp3) is 0.474. The summed E-state index contributed by atoms with van der Waals surface area (Å²) in [6.07, 6.45) is 2.12. The average Bonchev–Trinajstić information content (AvgIpc) is 2.61. The SMILES string of the molecule is COc1cccc(CN2CCCC(c3nc(C)cc(=O)[nH]3)C2)c1OC. The third kappa shape index (κ3) is 4.02. The smallest absolute Gasteiger partial charge is 0.251 e. The number of nitrogens with zero attached hydrogens (tertiary/aromatic N) is 2. The minimum absolute atomic E-state index is 0.0749. The van der Waals surface area contributed by atoms with Gasteiger partial charge in [-0.2, -0.15) is 0 Å². The maximum absolute atomic E-state index is 11.7. The van der Waals surface area contributed by atoms with Crippen molar-refractivity contribution in [2.24, 2.45) is 0 Å². The largest absolute Gasteiger partial charge is 0.493 e. The number of rotatable bonds is 5. The van der Waals surface area contributed by atoms with Gasteiger partial charge in [-0.25, -0.2) is 4.98 Å². The lowest BCUT2D eigenvalue weighted by atomic mass is 9.96. The van der Waals surface area contributed by atoms with Gasteiger partial charge in [-0.1, -0.05) is 12.1 Å². The molecule has 1 aliphatic heterocycles. The van der Waals surface area contributed by atoms with Crippen LogP contribution in [0, 0.1) is 6.92 Å². The van der Waals surface area contributed by atoms with Gasteiger partial charge in [0, 0.05) is 36.3 Å². The molecular weight excluding hydrogens is 318 g/mol. The molecule has 1 atom stereocenters. The molecule has 3 rings (SSSR count). The van der Waals surface area contributed by atoms with Crippen molar-refractivity contribution in [2.75, 3.05) is 27.3 Å². The van der Waals surface area contributed by atoms with Crippen molar-refractivity contribution in [3.8, 4) is 11.5 Å². The van der Waals surface area contributed by atoms with Gasteiger partial charge in [0.25, 0.3) is 5.56 Å². The van der Waals surface area contributed by atoms with Crippen molar-refractivity contribution < 1.29 is 9.47 Å². The van der Waals surface area contributed by atoms with Gasteiger partial charge in [0.05, 0.1) is 14.2 Å². The highest BCUT2D eigenvalue weighted by atomic mass is 16.5. The molecule has 2 aromatic rings. The maximum Gasteiger partial charge on any atom is 0.251 e. The van der Waals surface area contributed by atoms with E-state index in [4.69, 9.17) is 9.47 Å². The van der Waals surface area contributed by atoms with E-state index in [1.807, 2.05) is 19.1 Å². The molecule has 1 saturated heterocycles. The van der Waals surface area contributed by atoms with Gasteiger partial charge in [-0.05, 0) is 32.4 Å².